The zero-order chi connectivity index (χ0) is 19.6. The molecule has 1 amide bonds. The lowest BCUT2D eigenvalue weighted by Crippen LogP contribution is -2.22. The minimum atomic E-state index is -0.938. The third-order valence-electron chi connectivity index (χ3n) is 3.56. The van der Waals surface area contributed by atoms with E-state index in [1.165, 1.54) is 29.2 Å². The molecule has 0 spiro atoms. The Hall–Kier alpha value is -2.39. The topological polar surface area (TPSA) is 67.8 Å². The zero-order valence-electron chi connectivity index (χ0n) is 14.8. The van der Waals surface area contributed by atoms with Crippen LogP contribution in [-0.4, -0.2) is 26.1 Å². The Labute approximate surface area is 163 Å². The summed E-state index contributed by atoms with van der Waals surface area (Å²) < 4.78 is 26.4. The van der Waals surface area contributed by atoms with Crippen molar-refractivity contribution in [3.8, 4) is 11.3 Å². The number of thioether (sulfide) groups is 1. The maximum absolute atomic E-state index is 13.4. The molecule has 1 aromatic carbocycles. The summed E-state index contributed by atoms with van der Waals surface area (Å²) >= 11 is 2.55. The highest BCUT2D eigenvalue weighted by molar-refractivity contribution is 8.00. The van der Waals surface area contributed by atoms with Crippen molar-refractivity contribution in [2.75, 3.05) is 5.32 Å². The van der Waals surface area contributed by atoms with Crippen LogP contribution in [0.5, 0.6) is 0 Å². The summed E-state index contributed by atoms with van der Waals surface area (Å²) in [6.45, 7) is 5.45. The normalized spacial score (nSPS) is 12.0. The van der Waals surface area contributed by atoms with Gasteiger partial charge in [-0.2, -0.15) is 0 Å². The second-order valence-electron chi connectivity index (χ2n) is 5.81. The van der Waals surface area contributed by atoms with Gasteiger partial charge in [0.05, 0.1) is 10.9 Å². The van der Waals surface area contributed by atoms with Gasteiger partial charge in [-0.3, -0.25) is 4.79 Å². The molecule has 0 aliphatic heterocycles. The van der Waals surface area contributed by atoms with Gasteiger partial charge in [-0.25, -0.2) is 23.7 Å². The molecule has 1 N–H and O–H groups in total. The number of rotatable bonds is 5. The Balaban J connectivity index is 1.67. The standard InChI is InChI=1S/C18H16F2N4OS2/c1-9-6-16(22-11(3)21-9)27-10(2)17(25)24-18-23-15(8-26-18)12-4-5-13(19)14(20)7-12/h4-8,10H,1-3H3,(H,23,24,25). The van der Waals surface area contributed by atoms with Crippen LogP contribution < -0.4 is 5.32 Å². The number of benzene rings is 1. The summed E-state index contributed by atoms with van der Waals surface area (Å²) in [6, 6.07) is 5.39. The second kappa shape index (κ2) is 8.10. The molecule has 2 aromatic heterocycles. The minimum Gasteiger partial charge on any atom is -0.301 e. The molecular formula is C18H16F2N4OS2. The van der Waals surface area contributed by atoms with Gasteiger partial charge in [-0.15, -0.1) is 11.3 Å². The van der Waals surface area contributed by atoms with Crippen LogP contribution >= 0.6 is 23.1 Å². The molecule has 9 heteroatoms. The molecule has 3 rings (SSSR count). The van der Waals surface area contributed by atoms with E-state index in [9.17, 15) is 13.6 Å². The van der Waals surface area contributed by atoms with Gasteiger partial charge in [0, 0.05) is 16.6 Å². The summed E-state index contributed by atoms with van der Waals surface area (Å²) in [5.74, 6) is -1.42. The highest BCUT2D eigenvalue weighted by Crippen LogP contribution is 2.27. The first-order valence-corrected chi connectivity index (χ1v) is 9.78. The lowest BCUT2D eigenvalue weighted by Gasteiger charge is -2.10. The Morgan fingerprint density at radius 2 is 1.93 bits per heavy atom. The van der Waals surface area contributed by atoms with Gasteiger partial charge in [-0.05, 0) is 45.0 Å². The van der Waals surface area contributed by atoms with Crippen LogP contribution in [-0.2, 0) is 4.79 Å². The quantitative estimate of drug-likeness (QED) is 0.495. The molecule has 0 saturated carbocycles. The van der Waals surface area contributed by atoms with E-state index < -0.39 is 16.9 Å². The lowest BCUT2D eigenvalue weighted by atomic mass is 10.2. The summed E-state index contributed by atoms with van der Waals surface area (Å²) in [5.41, 5.74) is 1.75. The van der Waals surface area contributed by atoms with Gasteiger partial charge in [-0.1, -0.05) is 11.8 Å². The van der Waals surface area contributed by atoms with E-state index in [4.69, 9.17) is 0 Å². The molecule has 0 bridgehead atoms. The SMILES string of the molecule is Cc1cc(SC(C)C(=O)Nc2nc(-c3ccc(F)c(F)c3)cs2)nc(C)n1. The van der Waals surface area contributed by atoms with Crippen molar-refractivity contribution in [3.05, 3.63) is 52.8 Å². The summed E-state index contributed by atoms with van der Waals surface area (Å²) in [4.78, 5) is 25.2. The maximum Gasteiger partial charge on any atom is 0.239 e. The molecule has 0 saturated heterocycles. The molecule has 0 fully saturated rings. The third-order valence-corrected chi connectivity index (χ3v) is 5.33. The number of nitrogens with zero attached hydrogens (tertiary/aromatic N) is 3. The van der Waals surface area contributed by atoms with E-state index >= 15 is 0 Å². The van der Waals surface area contributed by atoms with Gasteiger partial charge in [0.2, 0.25) is 5.91 Å². The number of hydrogen-bond donors (Lipinski definition) is 1. The molecular weight excluding hydrogens is 390 g/mol. The first-order chi connectivity index (χ1) is 12.8. The molecule has 27 heavy (non-hydrogen) atoms. The number of hydrogen-bond acceptors (Lipinski definition) is 6. The first-order valence-electron chi connectivity index (χ1n) is 8.02. The molecule has 0 aliphatic carbocycles. The van der Waals surface area contributed by atoms with Gasteiger partial charge in [0.1, 0.15) is 10.9 Å². The van der Waals surface area contributed by atoms with Gasteiger partial charge in [0.25, 0.3) is 0 Å². The monoisotopic (exact) mass is 406 g/mol. The second-order valence-corrected chi connectivity index (χ2v) is 8.03. The van der Waals surface area contributed by atoms with Crippen LogP contribution in [0.2, 0.25) is 0 Å². The van der Waals surface area contributed by atoms with Crippen LogP contribution in [0, 0.1) is 25.5 Å². The fraction of sp³-hybridized carbons (Fsp3) is 0.222. The van der Waals surface area contributed by atoms with E-state index in [0.29, 0.717) is 22.2 Å². The molecule has 5 nitrogen and oxygen atoms in total. The number of carbonyl (C=O) groups is 1. The smallest absolute Gasteiger partial charge is 0.239 e. The molecule has 0 radical (unpaired) electrons. The third kappa shape index (κ3) is 4.86. The Morgan fingerprint density at radius 1 is 1.15 bits per heavy atom. The molecule has 0 aliphatic rings. The van der Waals surface area contributed by atoms with Crippen molar-refractivity contribution in [1.29, 1.82) is 0 Å². The maximum atomic E-state index is 13.4. The molecule has 1 unspecified atom stereocenters. The van der Waals surface area contributed by atoms with Crippen LogP contribution in [0.25, 0.3) is 11.3 Å². The predicted octanol–water partition coefficient (Wildman–Crippen LogP) is 4.61. The molecule has 1 atom stereocenters. The lowest BCUT2D eigenvalue weighted by molar-refractivity contribution is -0.115. The summed E-state index contributed by atoms with van der Waals surface area (Å²) in [7, 11) is 0. The fourth-order valence-corrected chi connectivity index (χ4v) is 3.98. The number of amides is 1. The Bertz CT molecular complexity index is 973. The zero-order valence-corrected chi connectivity index (χ0v) is 16.4. The van der Waals surface area contributed by atoms with E-state index in [1.807, 2.05) is 13.0 Å². The van der Waals surface area contributed by atoms with E-state index in [1.54, 1.807) is 19.2 Å². The molecule has 2 heterocycles. The predicted molar refractivity (Wildman–Crippen MR) is 103 cm³/mol. The van der Waals surface area contributed by atoms with E-state index in [0.717, 1.165) is 22.9 Å². The highest BCUT2D eigenvalue weighted by atomic mass is 32.2. The van der Waals surface area contributed by atoms with Crippen molar-refractivity contribution in [3.63, 3.8) is 0 Å². The van der Waals surface area contributed by atoms with E-state index in [2.05, 4.69) is 20.3 Å². The van der Waals surface area contributed by atoms with Gasteiger partial charge >= 0.3 is 0 Å². The van der Waals surface area contributed by atoms with Crippen LogP contribution in [0.3, 0.4) is 0 Å². The average Bonchev–Trinajstić information content (AvgIpc) is 3.04. The largest absolute Gasteiger partial charge is 0.301 e. The first kappa shape index (κ1) is 19.4. The minimum absolute atomic E-state index is 0.222. The van der Waals surface area contributed by atoms with Gasteiger partial charge in [0.15, 0.2) is 16.8 Å². The van der Waals surface area contributed by atoms with Crippen molar-refractivity contribution in [1.82, 2.24) is 15.0 Å². The summed E-state index contributed by atoms with van der Waals surface area (Å²) in [5, 5.41) is 5.14. The number of anilines is 1. The molecule has 140 valence electrons. The summed E-state index contributed by atoms with van der Waals surface area (Å²) in [6.07, 6.45) is 0. The van der Waals surface area contributed by atoms with Crippen LogP contribution in [0.4, 0.5) is 13.9 Å². The van der Waals surface area contributed by atoms with Crippen LogP contribution in [0.15, 0.2) is 34.7 Å². The van der Waals surface area contributed by atoms with E-state index in [-0.39, 0.29) is 5.91 Å². The van der Waals surface area contributed by atoms with Crippen LogP contribution in [0.1, 0.15) is 18.4 Å². The number of carbonyl (C=O) groups excluding carboxylic acids is 1. The van der Waals surface area contributed by atoms with Crippen molar-refractivity contribution >= 4 is 34.1 Å². The van der Waals surface area contributed by atoms with Crippen molar-refractivity contribution < 1.29 is 13.6 Å². The highest BCUT2D eigenvalue weighted by Gasteiger charge is 2.18. The van der Waals surface area contributed by atoms with Crippen molar-refractivity contribution in [2.45, 2.75) is 31.0 Å². The molecule has 3 aromatic rings. The Kier molecular flexibility index (Phi) is 5.81. The van der Waals surface area contributed by atoms with Crippen molar-refractivity contribution in [2.24, 2.45) is 0 Å². The number of aromatic nitrogens is 3. The Morgan fingerprint density at radius 3 is 2.63 bits per heavy atom. The number of aryl methyl sites for hydroxylation is 2. The number of nitrogens with one attached hydrogen (secondary N) is 1. The number of halogens is 2. The number of thiazole rings is 1. The fourth-order valence-electron chi connectivity index (χ4n) is 2.30. The van der Waals surface area contributed by atoms with Gasteiger partial charge < -0.3 is 5.32 Å². The average molecular weight is 406 g/mol.